The average Bonchev–Trinajstić information content (AvgIpc) is 2.58. The second-order valence-corrected chi connectivity index (χ2v) is 5.62. The molecule has 0 fully saturated rings. The van der Waals surface area contributed by atoms with Crippen LogP contribution in [0.3, 0.4) is 0 Å². The molecule has 0 aliphatic heterocycles. The van der Waals surface area contributed by atoms with Crippen LogP contribution < -0.4 is 10.1 Å². The Balaban J connectivity index is 0.00000264. The molecule has 0 saturated carbocycles. The van der Waals surface area contributed by atoms with Crippen molar-refractivity contribution in [2.24, 2.45) is 0 Å². The van der Waals surface area contributed by atoms with Crippen LogP contribution in [0.5, 0.6) is 5.75 Å². The third kappa shape index (κ3) is 7.54. The number of rotatable bonds is 10. The normalized spacial score (nSPS) is 10.1. The molecular weight excluding hydrogens is 306 g/mol. The minimum Gasteiger partial charge on any atom is -0.489 e. The fraction of sp³-hybridized carbons (Fsp3) is 0.400. The highest BCUT2D eigenvalue weighted by Crippen LogP contribution is 2.19. The lowest BCUT2D eigenvalue weighted by Gasteiger charge is -2.12. The molecule has 3 heteroatoms. The monoisotopic (exact) mass is 333 g/mol. The molecule has 1 N–H and O–H groups in total. The van der Waals surface area contributed by atoms with E-state index in [4.69, 9.17) is 4.74 Å². The number of unbranched alkanes of at least 4 members (excludes halogenated alkanes) is 3. The molecule has 23 heavy (non-hydrogen) atoms. The van der Waals surface area contributed by atoms with E-state index in [2.05, 4.69) is 42.6 Å². The van der Waals surface area contributed by atoms with Crippen molar-refractivity contribution in [2.75, 3.05) is 6.54 Å². The molecular formula is C20H28ClNO. The molecule has 0 saturated heterocycles. The molecule has 0 aliphatic rings. The fourth-order valence-electron chi connectivity index (χ4n) is 2.43. The Labute approximate surface area is 146 Å². The van der Waals surface area contributed by atoms with Crippen LogP contribution in [0, 0.1) is 0 Å². The molecule has 0 heterocycles. The van der Waals surface area contributed by atoms with Gasteiger partial charge in [-0.25, -0.2) is 0 Å². The van der Waals surface area contributed by atoms with Gasteiger partial charge in [0.05, 0.1) is 0 Å². The Morgan fingerprint density at radius 3 is 2.39 bits per heavy atom. The van der Waals surface area contributed by atoms with Crippen LogP contribution in [-0.2, 0) is 13.2 Å². The first-order chi connectivity index (χ1) is 10.9. The van der Waals surface area contributed by atoms with Crippen LogP contribution in [-0.4, -0.2) is 6.54 Å². The fourth-order valence-corrected chi connectivity index (χ4v) is 2.43. The summed E-state index contributed by atoms with van der Waals surface area (Å²) in [6, 6.07) is 18.6. The van der Waals surface area contributed by atoms with E-state index in [1.165, 1.54) is 36.8 Å². The smallest absolute Gasteiger partial charge is 0.124 e. The number of benzene rings is 2. The topological polar surface area (TPSA) is 21.3 Å². The Hall–Kier alpha value is -1.51. The number of halogens is 1. The van der Waals surface area contributed by atoms with Gasteiger partial charge in [-0.2, -0.15) is 0 Å². The van der Waals surface area contributed by atoms with Gasteiger partial charge in [-0.3, -0.25) is 0 Å². The summed E-state index contributed by atoms with van der Waals surface area (Å²) < 4.78 is 5.98. The van der Waals surface area contributed by atoms with E-state index in [0.29, 0.717) is 6.61 Å². The quantitative estimate of drug-likeness (QED) is 0.591. The summed E-state index contributed by atoms with van der Waals surface area (Å²) in [6.45, 7) is 4.81. The van der Waals surface area contributed by atoms with Crippen LogP contribution in [0.15, 0.2) is 54.6 Å². The third-order valence-electron chi connectivity index (χ3n) is 3.73. The van der Waals surface area contributed by atoms with Crippen LogP contribution in [0.4, 0.5) is 0 Å². The van der Waals surface area contributed by atoms with Crippen molar-refractivity contribution in [1.82, 2.24) is 5.32 Å². The SMILES string of the molecule is CCCCCCNCc1ccccc1OCc1ccccc1.Cl. The summed E-state index contributed by atoms with van der Waals surface area (Å²) in [6.07, 6.45) is 5.19. The van der Waals surface area contributed by atoms with Gasteiger partial charge in [-0.05, 0) is 24.6 Å². The molecule has 126 valence electrons. The molecule has 0 spiro atoms. The van der Waals surface area contributed by atoms with Crippen molar-refractivity contribution in [3.05, 3.63) is 65.7 Å². The highest BCUT2D eigenvalue weighted by atomic mass is 35.5. The van der Waals surface area contributed by atoms with Gasteiger partial charge < -0.3 is 10.1 Å². The average molecular weight is 334 g/mol. The predicted octanol–water partition coefficient (Wildman–Crippen LogP) is 5.36. The number of hydrogen-bond donors (Lipinski definition) is 1. The molecule has 0 atom stereocenters. The molecule has 0 bridgehead atoms. The summed E-state index contributed by atoms with van der Waals surface area (Å²) in [5.41, 5.74) is 2.43. The number of nitrogens with one attached hydrogen (secondary N) is 1. The minimum absolute atomic E-state index is 0. The maximum absolute atomic E-state index is 5.98. The van der Waals surface area contributed by atoms with Crippen molar-refractivity contribution in [2.45, 2.75) is 45.8 Å². The number of hydrogen-bond acceptors (Lipinski definition) is 2. The van der Waals surface area contributed by atoms with Gasteiger partial charge in [-0.1, -0.05) is 74.7 Å². The standard InChI is InChI=1S/C20H27NO.ClH/c1-2-3-4-10-15-21-16-19-13-8-9-14-20(19)22-17-18-11-6-5-7-12-18;/h5-9,11-14,21H,2-4,10,15-17H2,1H3;1H. The van der Waals surface area contributed by atoms with E-state index in [1.54, 1.807) is 0 Å². The second-order valence-electron chi connectivity index (χ2n) is 5.62. The Kier molecular flexibility index (Phi) is 10.2. The molecule has 0 unspecified atom stereocenters. The first-order valence-corrected chi connectivity index (χ1v) is 8.35. The van der Waals surface area contributed by atoms with Crippen molar-refractivity contribution >= 4 is 12.4 Å². The van der Waals surface area contributed by atoms with Crippen LogP contribution in [0.25, 0.3) is 0 Å². The molecule has 2 rings (SSSR count). The van der Waals surface area contributed by atoms with E-state index >= 15 is 0 Å². The van der Waals surface area contributed by atoms with Crippen LogP contribution >= 0.6 is 12.4 Å². The lowest BCUT2D eigenvalue weighted by molar-refractivity contribution is 0.302. The molecule has 0 radical (unpaired) electrons. The maximum Gasteiger partial charge on any atom is 0.124 e. The van der Waals surface area contributed by atoms with Crippen molar-refractivity contribution in [1.29, 1.82) is 0 Å². The van der Waals surface area contributed by atoms with Crippen molar-refractivity contribution in [3.63, 3.8) is 0 Å². The zero-order valence-corrected chi connectivity index (χ0v) is 14.8. The minimum atomic E-state index is 0. The van der Waals surface area contributed by atoms with Gasteiger partial charge in [0.2, 0.25) is 0 Å². The molecule has 2 aromatic carbocycles. The van der Waals surface area contributed by atoms with Gasteiger partial charge in [0.1, 0.15) is 12.4 Å². The zero-order valence-electron chi connectivity index (χ0n) is 14.0. The Bertz CT molecular complexity index is 530. The highest BCUT2D eigenvalue weighted by Gasteiger charge is 2.03. The largest absolute Gasteiger partial charge is 0.489 e. The van der Waals surface area contributed by atoms with Gasteiger partial charge in [0.25, 0.3) is 0 Å². The summed E-state index contributed by atoms with van der Waals surface area (Å²) in [4.78, 5) is 0. The number of ether oxygens (including phenoxy) is 1. The van der Waals surface area contributed by atoms with Crippen LogP contribution in [0.1, 0.15) is 43.7 Å². The van der Waals surface area contributed by atoms with Gasteiger partial charge in [0.15, 0.2) is 0 Å². The molecule has 2 aromatic rings. The first kappa shape index (κ1) is 19.5. The van der Waals surface area contributed by atoms with Gasteiger partial charge in [0, 0.05) is 12.1 Å². The van der Waals surface area contributed by atoms with E-state index in [1.807, 2.05) is 24.3 Å². The predicted molar refractivity (Wildman–Crippen MR) is 100 cm³/mol. The van der Waals surface area contributed by atoms with E-state index in [0.717, 1.165) is 18.8 Å². The summed E-state index contributed by atoms with van der Waals surface area (Å²) in [5.74, 6) is 0.979. The summed E-state index contributed by atoms with van der Waals surface area (Å²) >= 11 is 0. The zero-order chi connectivity index (χ0) is 15.5. The molecule has 2 nitrogen and oxygen atoms in total. The lowest BCUT2D eigenvalue weighted by atomic mass is 10.2. The summed E-state index contributed by atoms with van der Waals surface area (Å²) in [7, 11) is 0. The molecule has 0 aliphatic carbocycles. The first-order valence-electron chi connectivity index (χ1n) is 8.35. The van der Waals surface area contributed by atoms with Gasteiger partial charge >= 0.3 is 0 Å². The lowest BCUT2D eigenvalue weighted by Crippen LogP contribution is -2.15. The highest BCUT2D eigenvalue weighted by molar-refractivity contribution is 5.85. The Morgan fingerprint density at radius 2 is 1.61 bits per heavy atom. The van der Waals surface area contributed by atoms with Gasteiger partial charge in [-0.15, -0.1) is 12.4 Å². The molecule has 0 aromatic heterocycles. The van der Waals surface area contributed by atoms with E-state index < -0.39 is 0 Å². The molecule has 0 amide bonds. The van der Waals surface area contributed by atoms with E-state index in [9.17, 15) is 0 Å². The van der Waals surface area contributed by atoms with Crippen molar-refractivity contribution < 1.29 is 4.74 Å². The van der Waals surface area contributed by atoms with Crippen LogP contribution in [0.2, 0.25) is 0 Å². The Morgan fingerprint density at radius 1 is 0.870 bits per heavy atom. The van der Waals surface area contributed by atoms with E-state index in [-0.39, 0.29) is 12.4 Å². The van der Waals surface area contributed by atoms with Crippen molar-refractivity contribution in [3.8, 4) is 5.75 Å². The third-order valence-corrected chi connectivity index (χ3v) is 3.73. The second kappa shape index (κ2) is 12.0. The number of para-hydroxylation sites is 1. The summed E-state index contributed by atoms with van der Waals surface area (Å²) in [5, 5.41) is 3.52. The maximum atomic E-state index is 5.98.